The van der Waals surface area contributed by atoms with E-state index < -0.39 is 23.4 Å². The molecule has 0 atom stereocenters. The normalized spacial score (nSPS) is 16.4. The van der Waals surface area contributed by atoms with Gasteiger partial charge >= 0.3 is 0 Å². The van der Waals surface area contributed by atoms with Crippen molar-refractivity contribution in [2.75, 3.05) is 25.0 Å². The van der Waals surface area contributed by atoms with Gasteiger partial charge in [0.25, 0.3) is 6.43 Å². The van der Waals surface area contributed by atoms with E-state index >= 15 is 0 Å². The second kappa shape index (κ2) is 8.12. The van der Waals surface area contributed by atoms with Crippen LogP contribution in [0.4, 0.5) is 19.0 Å². The SMILES string of the molecule is CC(=O)N1CC(O)(c2cc3c(NCc4cccc(C(F)F)c4F)nc(C)nc3c3c2OCC3)C1. The highest BCUT2D eigenvalue weighted by molar-refractivity contribution is 5.94. The van der Waals surface area contributed by atoms with E-state index in [2.05, 4.69) is 15.3 Å². The van der Waals surface area contributed by atoms with Crippen LogP contribution >= 0.6 is 0 Å². The Balaban J connectivity index is 1.56. The van der Waals surface area contributed by atoms with Gasteiger partial charge in [0.05, 0.1) is 30.8 Å². The van der Waals surface area contributed by atoms with Crippen LogP contribution in [0, 0.1) is 12.7 Å². The lowest BCUT2D eigenvalue weighted by Crippen LogP contribution is -2.60. The summed E-state index contributed by atoms with van der Waals surface area (Å²) in [4.78, 5) is 22.2. The van der Waals surface area contributed by atoms with Crippen LogP contribution < -0.4 is 10.1 Å². The minimum absolute atomic E-state index is 0.0662. The van der Waals surface area contributed by atoms with Gasteiger partial charge in [-0.15, -0.1) is 0 Å². The van der Waals surface area contributed by atoms with Gasteiger partial charge in [-0.1, -0.05) is 18.2 Å². The van der Waals surface area contributed by atoms with Crippen molar-refractivity contribution in [2.24, 2.45) is 0 Å². The number of hydrogen-bond acceptors (Lipinski definition) is 6. The quantitative estimate of drug-likeness (QED) is 0.590. The third kappa shape index (κ3) is 3.62. The van der Waals surface area contributed by atoms with Gasteiger partial charge in [0.1, 0.15) is 28.8 Å². The van der Waals surface area contributed by atoms with Gasteiger partial charge < -0.3 is 20.1 Å². The summed E-state index contributed by atoms with van der Waals surface area (Å²) in [7, 11) is 0. The number of aromatic nitrogens is 2. The van der Waals surface area contributed by atoms with E-state index in [4.69, 9.17) is 4.74 Å². The monoisotopic (exact) mass is 472 g/mol. The summed E-state index contributed by atoms with van der Waals surface area (Å²) >= 11 is 0. The molecule has 1 saturated heterocycles. The van der Waals surface area contributed by atoms with Gasteiger partial charge in [-0.3, -0.25) is 4.79 Å². The Bertz CT molecular complexity index is 1310. The van der Waals surface area contributed by atoms with Gasteiger partial charge in [0, 0.05) is 42.0 Å². The summed E-state index contributed by atoms with van der Waals surface area (Å²) in [5, 5.41) is 14.9. The first-order valence-corrected chi connectivity index (χ1v) is 10.9. The molecule has 0 radical (unpaired) electrons. The number of carbonyl (C=O) groups excluding carboxylic acids is 1. The molecule has 0 saturated carbocycles. The predicted molar refractivity (Wildman–Crippen MR) is 118 cm³/mol. The van der Waals surface area contributed by atoms with Crippen LogP contribution in [0.1, 0.15) is 41.4 Å². The zero-order chi connectivity index (χ0) is 24.2. The van der Waals surface area contributed by atoms with Crippen molar-refractivity contribution in [3.05, 3.63) is 58.2 Å². The molecule has 0 aliphatic carbocycles. The fourth-order valence-electron chi connectivity index (χ4n) is 4.62. The summed E-state index contributed by atoms with van der Waals surface area (Å²) in [5.41, 5.74) is 0.199. The molecule has 5 rings (SSSR count). The first kappa shape index (κ1) is 22.4. The molecular weight excluding hydrogens is 449 g/mol. The van der Waals surface area contributed by atoms with E-state index in [1.807, 2.05) is 0 Å². The zero-order valence-electron chi connectivity index (χ0n) is 18.7. The number of rotatable bonds is 5. The maximum atomic E-state index is 14.5. The van der Waals surface area contributed by atoms with E-state index in [0.29, 0.717) is 46.9 Å². The van der Waals surface area contributed by atoms with Crippen LogP contribution in [0.25, 0.3) is 10.9 Å². The van der Waals surface area contributed by atoms with Crippen molar-refractivity contribution >= 4 is 22.6 Å². The maximum absolute atomic E-state index is 14.5. The largest absolute Gasteiger partial charge is 0.492 e. The molecule has 1 aromatic heterocycles. The molecule has 2 aliphatic rings. The minimum Gasteiger partial charge on any atom is -0.492 e. The average Bonchev–Trinajstić information content (AvgIpc) is 3.25. The van der Waals surface area contributed by atoms with E-state index in [1.54, 1.807) is 13.0 Å². The molecule has 10 heteroatoms. The van der Waals surface area contributed by atoms with Crippen molar-refractivity contribution in [3.63, 3.8) is 0 Å². The second-order valence-corrected chi connectivity index (χ2v) is 8.73. The van der Waals surface area contributed by atoms with Crippen molar-refractivity contribution < 1.29 is 27.8 Å². The summed E-state index contributed by atoms with van der Waals surface area (Å²) in [5.74, 6) is 0.355. The maximum Gasteiger partial charge on any atom is 0.266 e. The predicted octanol–water partition coefficient (Wildman–Crippen LogP) is 3.61. The third-order valence-corrected chi connectivity index (χ3v) is 6.39. The first-order valence-electron chi connectivity index (χ1n) is 10.9. The molecule has 0 spiro atoms. The van der Waals surface area contributed by atoms with Gasteiger partial charge in [0.2, 0.25) is 5.91 Å². The Morgan fingerprint density at radius 3 is 2.79 bits per heavy atom. The Kier molecular flexibility index (Phi) is 5.35. The van der Waals surface area contributed by atoms with Crippen molar-refractivity contribution in [1.29, 1.82) is 0 Å². The Morgan fingerprint density at radius 2 is 2.09 bits per heavy atom. The van der Waals surface area contributed by atoms with E-state index in [0.717, 1.165) is 11.6 Å². The van der Waals surface area contributed by atoms with E-state index in [1.165, 1.54) is 24.0 Å². The number of ether oxygens (including phenoxy) is 1. The minimum atomic E-state index is -2.91. The molecule has 7 nitrogen and oxygen atoms in total. The number of likely N-dealkylation sites (tertiary alicyclic amines) is 1. The van der Waals surface area contributed by atoms with Crippen LogP contribution in [0.3, 0.4) is 0 Å². The van der Waals surface area contributed by atoms with Crippen LogP contribution in [0.2, 0.25) is 0 Å². The number of nitrogens with one attached hydrogen (secondary N) is 1. The molecule has 1 fully saturated rings. The molecule has 0 unspecified atom stereocenters. The standard InChI is InChI=1S/C24H23F3N4O3/c1-12-29-20-16-6-7-34-21(16)18(24(33)10-31(11-24)13(2)32)8-17(20)23(30-12)28-9-14-4-3-5-15(19(14)25)22(26)27/h3-5,8,22,33H,6-7,9-11H2,1-2H3,(H,28,29,30). The number of fused-ring (bicyclic) bond motifs is 3. The third-order valence-electron chi connectivity index (χ3n) is 6.39. The molecule has 3 aromatic rings. The van der Waals surface area contributed by atoms with Gasteiger partial charge in [0.15, 0.2) is 0 Å². The highest BCUT2D eigenvalue weighted by Crippen LogP contribution is 2.45. The number of hydrogen-bond donors (Lipinski definition) is 2. The number of alkyl halides is 2. The molecule has 2 N–H and O–H groups in total. The number of carbonyl (C=O) groups is 1. The number of aryl methyl sites for hydroxylation is 1. The Morgan fingerprint density at radius 1 is 1.32 bits per heavy atom. The highest BCUT2D eigenvalue weighted by Gasteiger charge is 2.47. The summed E-state index contributed by atoms with van der Waals surface area (Å²) < 4.78 is 46.6. The summed E-state index contributed by atoms with van der Waals surface area (Å²) in [6.07, 6.45) is -2.32. The highest BCUT2D eigenvalue weighted by atomic mass is 19.3. The Hall–Kier alpha value is -3.40. The lowest BCUT2D eigenvalue weighted by molar-refractivity contribution is -0.155. The summed E-state index contributed by atoms with van der Waals surface area (Å²) in [6, 6.07) is 5.63. The number of aliphatic hydroxyl groups is 1. The van der Waals surface area contributed by atoms with Crippen molar-refractivity contribution in [3.8, 4) is 5.75 Å². The van der Waals surface area contributed by atoms with Gasteiger partial charge in [-0.25, -0.2) is 23.1 Å². The molecule has 178 valence electrons. The van der Waals surface area contributed by atoms with Crippen LogP contribution in [-0.4, -0.2) is 45.6 Å². The number of halogens is 3. The Labute approximate surface area is 193 Å². The zero-order valence-corrected chi connectivity index (χ0v) is 18.7. The van der Waals surface area contributed by atoms with Gasteiger partial charge in [-0.05, 0) is 13.0 Å². The van der Waals surface area contributed by atoms with Gasteiger partial charge in [-0.2, -0.15) is 0 Å². The van der Waals surface area contributed by atoms with E-state index in [9.17, 15) is 23.1 Å². The number of benzene rings is 2. The van der Waals surface area contributed by atoms with Crippen LogP contribution in [0.5, 0.6) is 5.75 Å². The molecule has 34 heavy (non-hydrogen) atoms. The average molecular weight is 472 g/mol. The smallest absolute Gasteiger partial charge is 0.266 e. The molecule has 2 aromatic carbocycles. The molecular formula is C24H23F3N4O3. The van der Waals surface area contributed by atoms with E-state index in [-0.39, 0.29) is 31.1 Å². The summed E-state index contributed by atoms with van der Waals surface area (Å²) in [6.45, 7) is 3.83. The number of nitrogens with zero attached hydrogens (tertiary/aromatic N) is 3. The van der Waals surface area contributed by atoms with Crippen molar-refractivity contribution in [2.45, 2.75) is 38.8 Å². The lowest BCUT2D eigenvalue weighted by Gasteiger charge is -2.46. The number of anilines is 1. The lowest BCUT2D eigenvalue weighted by atomic mass is 9.83. The van der Waals surface area contributed by atoms with Crippen LogP contribution in [-0.2, 0) is 23.4 Å². The molecule has 1 amide bonds. The first-order chi connectivity index (χ1) is 16.2. The fraction of sp³-hybridized carbons (Fsp3) is 0.375. The second-order valence-electron chi connectivity index (χ2n) is 8.73. The fourth-order valence-corrected chi connectivity index (χ4v) is 4.62. The number of β-amino-alcohol motifs (C(OH)–C–C–N with tert-alkyl or cyclic N) is 1. The molecule has 0 bridgehead atoms. The topological polar surface area (TPSA) is 87.6 Å². The number of amides is 1. The molecule has 3 heterocycles. The van der Waals surface area contributed by atoms with Crippen molar-refractivity contribution in [1.82, 2.24) is 14.9 Å². The molecule has 2 aliphatic heterocycles. The van der Waals surface area contributed by atoms with Crippen LogP contribution in [0.15, 0.2) is 24.3 Å².